The van der Waals surface area contributed by atoms with Gasteiger partial charge in [-0.2, -0.15) is 5.10 Å². The molecule has 108 valence electrons. The van der Waals surface area contributed by atoms with E-state index in [2.05, 4.69) is 5.10 Å². The first-order chi connectivity index (χ1) is 10.2. The predicted molar refractivity (Wildman–Crippen MR) is 82.1 cm³/mol. The molecule has 4 heteroatoms. The van der Waals surface area contributed by atoms with Gasteiger partial charge in [-0.15, -0.1) is 0 Å². The normalized spacial score (nSPS) is 12.5. The SMILES string of the molecule is C[C@H](O)c1ccccc1OCc1nn(C)c2ccccc12. The molecular weight excluding hydrogens is 264 g/mol. The molecule has 0 bridgehead atoms. The van der Waals surface area contributed by atoms with Gasteiger partial charge in [0.15, 0.2) is 0 Å². The largest absolute Gasteiger partial charge is 0.487 e. The Morgan fingerprint density at radius 3 is 2.67 bits per heavy atom. The van der Waals surface area contributed by atoms with Crippen molar-refractivity contribution in [3.05, 3.63) is 59.8 Å². The smallest absolute Gasteiger partial charge is 0.133 e. The van der Waals surface area contributed by atoms with Gasteiger partial charge in [0.25, 0.3) is 0 Å². The van der Waals surface area contributed by atoms with Gasteiger partial charge in [0.2, 0.25) is 0 Å². The van der Waals surface area contributed by atoms with E-state index in [1.807, 2.05) is 60.3 Å². The Morgan fingerprint density at radius 2 is 1.86 bits per heavy atom. The van der Waals surface area contributed by atoms with Gasteiger partial charge in [0.05, 0.1) is 11.6 Å². The maximum atomic E-state index is 9.78. The van der Waals surface area contributed by atoms with E-state index < -0.39 is 6.10 Å². The Balaban J connectivity index is 1.88. The minimum absolute atomic E-state index is 0.380. The minimum atomic E-state index is -0.554. The lowest BCUT2D eigenvalue weighted by Crippen LogP contribution is -2.02. The molecule has 0 aliphatic rings. The molecule has 0 aliphatic carbocycles. The summed E-state index contributed by atoms with van der Waals surface area (Å²) < 4.78 is 7.73. The van der Waals surface area contributed by atoms with E-state index in [4.69, 9.17) is 4.74 Å². The molecule has 1 aromatic heterocycles. The van der Waals surface area contributed by atoms with Crippen LogP contribution in [0.15, 0.2) is 48.5 Å². The number of hydrogen-bond donors (Lipinski definition) is 1. The quantitative estimate of drug-likeness (QED) is 0.799. The van der Waals surface area contributed by atoms with Gasteiger partial charge in [0, 0.05) is 18.0 Å². The molecule has 21 heavy (non-hydrogen) atoms. The van der Waals surface area contributed by atoms with Crippen molar-refractivity contribution in [1.29, 1.82) is 0 Å². The Hall–Kier alpha value is -2.33. The Bertz CT molecular complexity index is 762. The van der Waals surface area contributed by atoms with E-state index in [-0.39, 0.29) is 0 Å². The topological polar surface area (TPSA) is 47.3 Å². The van der Waals surface area contributed by atoms with Crippen LogP contribution in [0.4, 0.5) is 0 Å². The first-order valence-corrected chi connectivity index (χ1v) is 6.97. The lowest BCUT2D eigenvalue weighted by Gasteiger charge is -2.12. The number of aromatic nitrogens is 2. The van der Waals surface area contributed by atoms with Crippen LogP contribution in [0, 0.1) is 0 Å². The van der Waals surface area contributed by atoms with Crippen LogP contribution < -0.4 is 4.74 Å². The second-order valence-electron chi connectivity index (χ2n) is 5.09. The first-order valence-electron chi connectivity index (χ1n) is 6.97. The first kappa shape index (κ1) is 13.6. The summed E-state index contributed by atoms with van der Waals surface area (Å²) in [7, 11) is 1.93. The minimum Gasteiger partial charge on any atom is -0.487 e. The van der Waals surface area contributed by atoms with Crippen LogP contribution in [0.1, 0.15) is 24.3 Å². The number of aliphatic hydroxyl groups is 1. The third kappa shape index (κ3) is 2.62. The molecule has 0 amide bonds. The zero-order valence-corrected chi connectivity index (χ0v) is 12.2. The number of aliphatic hydroxyl groups excluding tert-OH is 1. The van der Waals surface area contributed by atoms with Crippen LogP contribution in [-0.4, -0.2) is 14.9 Å². The van der Waals surface area contributed by atoms with E-state index in [0.717, 1.165) is 22.2 Å². The maximum Gasteiger partial charge on any atom is 0.133 e. The third-order valence-corrected chi connectivity index (χ3v) is 3.57. The van der Waals surface area contributed by atoms with Gasteiger partial charge >= 0.3 is 0 Å². The Morgan fingerprint density at radius 1 is 1.14 bits per heavy atom. The number of ether oxygens (including phenoxy) is 1. The van der Waals surface area contributed by atoms with Crippen molar-refractivity contribution in [2.24, 2.45) is 7.05 Å². The fourth-order valence-corrected chi connectivity index (χ4v) is 2.50. The van der Waals surface area contributed by atoms with Crippen molar-refractivity contribution < 1.29 is 9.84 Å². The summed E-state index contributed by atoms with van der Waals surface area (Å²) in [5.41, 5.74) is 2.77. The van der Waals surface area contributed by atoms with E-state index in [9.17, 15) is 5.11 Å². The highest BCUT2D eigenvalue weighted by atomic mass is 16.5. The highest BCUT2D eigenvalue weighted by molar-refractivity contribution is 5.81. The average Bonchev–Trinajstić information content (AvgIpc) is 2.82. The summed E-state index contributed by atoms with van der Waals surface area (Å²) in [6, 6.07) is 15.6. The van der Waals surface area contributed by atoms with Crippen LogP contribution >= 0.6 is 0 Å². The molecular formula is C17H18N2O2. The zero-order valence-electron chi connectivity index (χ0n) is 12.2. The molecule has 1 N–H and O–H groups in total. The third-order valence-electron chi connectivity index (χ3n) is 3.57. The molecule has 0 spiro atoms. The standard InChI is InChI=1S/C17H18N2O2/c1-12(20)13-7-4-6-10-17(13)21-11-15-14-8-3-5-9-16(14)19(2)18-15/h3-10,12,20H,11H2,1-2H3/t12-/m0/s1. The van der Waals surface area contributed by atoms with Crippen molar-refractivity contribution >= 4 is 10.9 Å². The maximum absolute atomic E-state index is 9.78. The number of para-hydroxylation sites is 2. The molecule has 0 radical (unpaired) electrons. The Labute approximate surface area is 123 Å². The van der Waals surface area contributed by atoms with Gasteiger partial charge in [-0.25, -0.2) is 0 Å². The fraction of sp³-hybridized carbons (Fsp3) is 0.235. The van der Waals surface area contributed by atoms with E-state index in [1.54, 1.807) is 6.92 Å². The van der Waals surface area contributed by atoms with Crippen molar-refractivity contribution in [3.8, 4) is 5.75 Å². The number of benzene rings is 2. The molecule has 0 aliphatic heterocycles. The lowest BCUT2D eigenvalue weighted by molar-refractivity contribution is 0.190. The summed E-state index contributed by atoms with van der Waals surface area (Å²) in [5, 5.41) is 15.4. The van der Waals surface area contributed by atoms with E-state index >= 15 is 0 Å². The molecule has 2 aromatic carbocycles. The highest BCUT2D eigenvalue weighted by Gasteiger charge is 2.11. The number of hydrogen-bond acceptors (Lipinski definition) is 3. The molecule has 3 aromatic rings. The van der Waals surface area contributed by atoms with Crippen LogP contribution in [0.2, 0.25) is 0 Å². The van der Waals surface area contributed by atoms with Gasteiger partial charge in [-0.05, 0) is 19.1 Å². The van der Waals surface area contributed by atoms with Crippen LogP contribution in [-0.2, 0) is 13.7 Å². The number of aryl methyl sites for hydroxylation is 1. The molecule has 1 atom stereocenters. The highest BCUT2D eigenvalue weighted by Crippen LogP contribution is 2.26. The van der Waals surface area contributed by atoms with Crippen molar-refractivity contribution in [1.82, 2.24) is 9.78 Å². The van der Waals surface area contributed by atoms with Gasteiger partial charge in [-0.1, -0.05) is 36.4 Å². The van der Waals surface area contributed by atoms with Crippen LogP contribution in [0.3, 0.4) is 0 Å². The van der Waals surface area contributed by atoms with Gasteiger partial charge < -0.3 is 9.84 Å². The summed E-state index contributed by atoms with van der Waals surface area (Å²) in [6.45, 7) is 2.11. The summed E-state index contributed by atoms with van der Waals surface area (Å²) in [5.74, 6) is 0.697. The summed E-state index contributed by atoms with van der Waals surface area (Å²) in [4.78, 5) is 0. The summed E-state index contributed by atoms with van der Waals surface area (Å²) in [6.07, 6.45) is -0.554. The number of fused-ring (bicyclic) bond motifs is 1. The average molecular weight is 282 g/mol. The molecule has 1 heterocycles. The van der Waals surface area contributed by atoms with Crippen molar-refractivity contribution in [3.63, 3.8) is 0 Å². The number of nitrogens with zero attached hydrogens (tertiary/aromatic N) is 2. The predicted octanol–water partition coefficient (Wildman–Crippen LogP) is 3.21. The molecule has 0 saturated carbocycles. The zero-order chi connectivity index (χ0) is 14.8. The second kappa shape index (κ2) is 5.58. The van der Waals surface area contributed by atoms with Crippen LogP contribution in [0.25, 0.3) is 10.9 Å². The fourth-order valence-electron chi connectivity index (χ4n) is 2.50. The van der Waals surface area contributed by atoms with Crippen molar-refractivity contribution in [2.45, 2.75) is 19.6 Å². The van der Waals surface area contributed by atoms with Gasteiger partial charge in [-0.3, -0.25) is 4.68 Å². The Kier molecular flexibility index (Phi) is 3.62. The molecule has 0 saturated heterocycles. The molecule has 3 rings (SSSR count). The summed E-state index contributed by atoms with van der Waals surface area (Å²) >= 11 is 0. The van der Waals surface area contributed by atoms with E-state index in [0.29, 0.717) is 12.4 Å². The monoisotopic (exact) mass is 282 g/mol. The molecule has 0 fully saturated rings. The second-order valence-corrected chi connectivity index (χ2v) is 5.09. The van der Waals surface area contributed by atoms with Crippen LogP contribution in [0.5, 0.6) is 5.75 Å². The molecule has 4 nitrogen and oxygen atoms in total. The number of rotatable bonds is 4. The lowest BCUT2D eigenvalue weighted by atomic mass is 10.1. The van der Waals surface area contributed by atoms with E-state index in [1.165, 1.54) is 0 Å². The van der Waals surface area contributed by atoms with Gasteiger partial charge in [0.1, 0.15) is 18.1 Å². The molecule has 0 unspecified atom stereocenters. The van der Waals surface area contributed by atoms with Crippen molar-refractivity contribution in [2.75, 3.05) is 0 Å².